The van der Waals surface area contributed by atoms with Gasteiger partial charge in [-0.05, 0) is 25.7 Å². The Morgan fingerprint density at radius 1 is 0.547 bits per heavy atom. The molecule has 0 aromatic heterocycles. The maximum atomic E-state index is 12.1. The molecule has 75 heavy (non-hydrogen) atoms. The van der Waals surface area contributed by atoms with Crippen LogP contribution in [0.15, 0.2) is 12.4 Å². The lowest BCUT2D eigenvalue weighted by molar-refractivity contribution is -0.888. The second kappa shape index (κ2) is 53.0. The molecule has 2 saturated heterocycles. The normalized spacial score (nSPS) is 16.9. The van der Waals surface area contributed by atoms with Crippen molar-refractivity contribution >= 4 is 39.3 Å². The fraction of sp³-hybridized carbons (Fsp3) is 0.952. The van der Waals surface area contributed by atoms with Crippen molar-refractivity contribution in [1.29, 1.82) is 0 Å². The maximum absolute atomic E-state index is 12.1. The molecular formula is C62H122N3O7S3+. The first-order valence-electron chi connectivity index (χ1n) is 31.8. The smallest absolute Gasteiger partial charge is 0.305 e. The van der Waals surface area contributed by atoms with Gasteiger partial charge in [0.05, 0.1) is 96.6 Å². The van der Waals surface area contributed by atoms with Crippen molar-refractivity contribution < 1.29 is 37.7 Å². The molecule has 444 valence electrons. The lowest BCUT2D eigenvalue weighted by atomic mass is 10.0. The summed E-state index contributed by atoms with van der Waals surface area (Å²) in [5.41, 5.74) is 0. The number of quaternary nitrogens is 1. The van der Waals surface area contributed by atoms with E-state index in [2.05, 4.69) is 45.2 Å². The Hall–Kier alpha value is -0.380. The molecule has 2 rings (SSSR count). The molecule has 2 heterocycles. The highest BCUT2D eigenvalue weighted by atomic mass is 33.1. The Balaban J connectivity index is 1.46. The van der Waals surface area contributed by atoms with Gasteiger partial charge in [0.1, 0.15) is 13.2 Å². The van der Waals surface area contributed by atoms with Gasteiger partial charge in [0.15, 0.2) is 0 Å². The van der Waals surface area contributed by atoms with Gasteiger partial charge in [-0.25, -0.2) is 0 Å². The third-order valence-electron chi connectivity index (χ3n) is 15.1. The fourth-order valence-electron chi connectivity index (χ4n) is 10.1. The third kappa shape index (κ3) is 45.0. The highest BCUT2D eigenvalue weighted by molar-refractivity contribution is 8.76. The summed E-state index contributed by atoms with van der Waals surface area (Å²) >= 11 is 2.02. The Bertz CT molecular complexity index is 1260. The minimum atomic E-state index is -0.140. The summed E-state index contributed by atoms with van der Waals surface area (Å²) in [7, 11) is 8.52. The maximum Gasteiger partial charge on any atom is 0.305 e. The summed E-state index contributed by atoms with van der Waals surface area (Å²) < 4.78 is 36.3. The second-order valence-electron chi connectivity index (χ2n) is 22.7. The summed E-state index contributed by atoms with van der Waals surface area (Å²) in [6.07, 6.45) is 48.2. The molecule has 0 amide bonds. The van der Waals surface area contributed by atoms with Crippen molar-refractivity contribution in [2.45, 2.75) is 268 Å². The van der Waals surface area contributed by atoms with Gasteiger partial charge in [0.25, 0.3) is 0 Å². The van der Waals surface area contributed by atoms with Gasteiger partial charge in [-0.1, -0.05) is 241 Å². The first-order chi connectivity index (χ1) is 36.8. The highest BCUT2D eigenvalue weighted by Crippen LogP contribution is 2.34. The van der Waals surface area contributed by atoms with E-state index in [1.807, 2.05) is 33.3 Å². The molecule has 0 radical (unpaired) electrons. The number of carbonyl (C=O) groups excluding carboxylic acids is 1. The first kappa shape index (κ1) is 70.7. The van der Waals surface area contributed by atoms with E-state index in [9.17, 15) is 4.79 Å². The Kier molecular flexibility index (Phi) is 49.9. The number of unbranched alkanes of at least 4 members (excludes halogenated alkanes) is 31. The molecule has 0 aromatic carbocycles. The molecule has 10 nitrogen and oxygen atoms in total. The molecule has 0 bridgehead atoms. The van der Waals surface area contributed by atoms with Crippen LogP contribution in [0.4, 0.5) is 0 Å². The lowest BCUT2D eigenvalue weighted by Crippen LogP contribution is -2.44. The molecule has 0 aliphatic carbocycles. The number of hydrogen-bond acceptors (Lipinski definition) is 12. The summed E-state index contributed by atoms with van der Waals surface area (Å²) in [6.45, 7) is 16.6. The van der Waals surface area contributed by atoms with Crippen molar-refractivity contribution in [1.82, 2.24) is 10.6 Å². The van der Waals surface area contributed by atoms with E-state index >= 15 is 0 Å². The van der Waals surface area contributed by atoms with Crippen LogP contribution in [-0.2, 0) is 33.2 Å². The number of likely N-dealkylation sites (N-methyl/N-ethyl adjacent to an activating group) is 1. The first-order valence-corrected chi connectivity index (χ1v) is 35.4. The molecule has 0 aromatic rings. The van der Waals surface area contributed by atoms with E-state index < -0.39 is 0 Å². The lowest BCUT2D eigenvalue weighted by Gasteiger charge is -2.29. The van der Waals surface area contributed by atoms with Crippen LogP contribution in [0.2, 0.25) is 0 Å². The number of rotatable bonds is 60. The van der Waals surface area contributed by atoms with Gasteiger partial charge in [-0.15, -0.1) is 0 Å². The van der Waals surface area contributed by atoms with Crippen molar-refractivity contribution in [3.63, 3.8) is 0 Å². The molecule has 2 aliphatic heterocycles. The van der Waals surface area contributed by atoms with Crippen molar-refractivity contribution in [3.8, 4) is 0 Å². The Labute approximate surface area is 476 Å². The number of esters is 1. The van der Waals surface area contributed by atoms with Crippen LogP contribution in [0, 0.1) is 0 Å². The van der Waals surface area contributed by atoms with Crippen LogP contribution < -0.4 is 10.6 Å². The minimum Gasteiger partial charge on any atom is -0.463 e. The quantitative estimate of drug-likeness (QED) is 0.0263. The average Bonchev–Trinajstić information content (AvgIpc) is 3.96. The monoisotopic (exact) mass is 1120 g/mol. The molecule has 0 saturated carbocycles. The fourth-order valence-corrected chi connectivity index (χ4v) is 14.1. The molecule has 4 atom stereocenters. The predicted octanol–water partition coefficient (Wildman–Crippen LogP) is 16.0. The van der Waals surface area contributed by atoms with Crippen LogP contribution >= 0.6 is 33.3 Å². The van der Waals surface area contributed by atoms with Crippen LogP contribution in [-0.4, -0.2) is 144 Å². The van der Waals surface area contributed by atoms with E-state index in [0.29, 0.717) is 70.0 Å². The summed E-state index contributed by atoms with van der Waals surface area (Å²) in [5.74, 6) is 4.00. The van der Waals surface area contributed by atoms with Crippen LogP contribution in [0.25, 0.3) is 0 Å². The number of thioether (sulfide) groups is 1. The van der Waals surface area contributed by atoms with Crippen LogP contribution in [0.5, 0.6) is 0 Å². The van der Waals surface area contributed by atoms with Gasteiger partial charge >= 0.3 is 5.97 Å². The zero-order valence-corrected chi connectivity index (χ0v) is 52.1. The number of ether oxygens (including phenoxy) is 6. The zero-order chi connectivity index (χ0) is 53.8. The number of fused-ring (bicyclic) bond motifs is 1. The summed E-state index contributed by atoms with van der Waals surface area (Å²) in [5, 5.41) is 7.47. The molecule has 2 aliphatic rings. The van der Waals surface area contributed by atoms with Crippen molar-refractivity contribution in [2.24, 2.45) is 0 Å². The van der Waals surface area contributed by atoms with Crippen molar-refractivity contribution in [3.05, 3.63) is 12.4 Å². The number of hydrogen-bond donors (Lipinski definition) is 2. The Morgan fingerprint density at radius 3 is 1.53 bits per heavy atom. The van der Waals surface area contributed by atoms with Gasteiger partial charge in [0.2, 0.25) is 0 Å². The molecule has 2 unspecified atom stereocenters. The van der Waals surface area contributed by atoms with E-state index in [1.165, 1.54) is 199 Å². The molecular weight excluding hydrogens is 995 g/mol. The largest absolute Gasteiger partial charge is 0.463 e. The van der Waals surface area contributed by atoms with Gasteiger partial charge in [-0.2, -0.15) is 11.8 Å². The Morgan fingerprint density at radius 2 is 1.01 bits per heavy atom. The average molecular weight is 1120 g/mol. The van der Waals surface area contributed by atoms with Gasteiger partial charge in [0, 0.05) is 36.4 Å². The van der Waals surface area contributed by atoms with E-state index in [1.54, 1.807) is 0 Å². The highest BCUT2D eigenvalue weighted by Gasteiger charge is 2.40. The van der Waals surface area contributed by atoms with Gasteiger partial charge < -0.3 is 43.5 Å². The van der Waals surface area contributed by atoms with E-state index in [4.69, 9.17) is 28.4 Å². The number of nitrogens with one attached hydrogen (secondary N) is 2. The van der Waals surface area contributed by atoms with Crippen LogP contribution in [0.3, 0.4) is 0 Å². The number of nitrogens with zero attached hydrogens (tertiary/aromatic N) is 1. The molecule has 0 spiro atoms. The summed E-state index contributed by atoms with van der Waals surface area (Å²) in [6, 6.07) is 0.957. The molecule has 13 heteroatoms. The predicted molar refractivity (Wildman–Crippen MR) is 328 cm³/mol. The number of carbonyl (C=O) groups is 1. The van der Waals surface area contributed by atoms with Crippen LogP contribution in [0.1, 0.15) is 245 Å². The molecule has 2 N–H and O–H groups in total. The van der Waals surface area contributed by atoms with E-state index in [-0.39, 0.29) is 18.7 Å². The van der Waals surface area contributed by atoms with E-state index in [0.717, 1.165) is 79.5 Å². The minimum absolute atomic E-state index is 0.140. The third-order valence-corrected chi connectivity index (χ3v) is 19.1. The van der Waals surface area contributed by atoms with Crippen molar-refractivity contribution in [2.75, 3.05) is 111 Å². The van der Waals surface area contributed by atoms with Gasteiger partial charge in [-0.3, -0.25) is 4.79 Å². The topological polar surface area (TPSA) is 96.5 Å². The SMILES string of the molecule is C=C1N[C@H]2CSC(CCCCC(=O)OCCOCCOCCOCC[N+](C)(C)CCSSCC(COCCCCCCCCCCCCCCCCCC)OCCCCCCCCCCCCCCCCCC)[C@H]2N1. The summed E-state index contributed by atoms with van der Waals surface area (Å²) in [4.78, 5) is 12.1. The standard InChI is InChI=1S/C62H122N3O7S3/c1-6-8-10-12-14-16-18-20-22-24-26-28-30-32-34-38-44-70-54-58(71-45-39-35-33-31-29-27-25-23-21-19-17-15-13-11-9-7-2)55-75-74-53-43-65(4,5)42-46-67-47-48-68-49-50-69-51-52-72-61(66)41-37-36-40-60-62-59(56-73-60)63-57(3)64-62/h58-60,62-64H,3,6-56H2,1-2,4-5H3/q+1/t58?,59-,60?,62-/m0/s1. The second-order valence-corrected chi connectivity index (χ2v) is 26.6. The molecule has 2 fully saturated rings. The zero-order valence-electron chi connectivity index (χ0n) is 49.6.